The molecule has 2 N–H and O–H groups in total. The first kappa shape index (κ1) is 19.8. The number of thiazole rings is 1. The molecular weight excluding hydrogens is 370 g/mol. The molecule has 0 aliphatic heterocycles. The highest BCUT2D eigenvalue weighted by atomic mass is 32.1. The molecule has 6 heteroatoms. The van der Waals surface area contributed by atoms with Crippen molar-refractivity contribution >= 4 is 28.8 Å². The molecule has 0 atom stereocenters. The molecule has 0 saturated heterocycles. The molecule has 1 heterocycles. The summed E-state index contributed by atoms with van der Waals surface area (Å²) in [6.45, 7) is 7.71. The molecule has 0 spiro atoms. The molecule has 0 radical (unpaired) electrons. The van der Waals surface area contributed by atoms with E-state index in [1.807, 2.05) is 52.0 Å². The molecule has 0 bridgehead atoms. The quantitative estimate of drug-likeness (QED) is 0.653. The van der Waals surface area contributed by atoms with Gasteiger partial charge in [-0.05, 0) is 57.0 Å². The average molecular weight is 394 g/mol. The second-order valence-electron chi connectivity index (χ2n) is 6.96. The van der Waals surface area contributed by atoms with Gasteiger partial charge in [0.1, 0.15) is 10.7 Å². The first-order valence-corrected chi connectivity index (χ1v) is 9.97. The van der Waals surface area contributed by atoms with Crippen molar-refractivity contribution in [1.29, 1.82) is 0 Å². The van der Waals surface area contributed by atoms with Crippen molar-refractivity contribution in [3.05, 3.63) is 70.2 Å². The van der Waals surface area contributed by atoms with E-state index in [1.165, 1.54) is 11.3 Å². The summed E-state index contributed by atoms with van der Waals surface area (Å²) in [7, 11) is 0. The maximum absolute atomic E-state index is 12.6. The molecular formula is C22H23N3O2S. The van der Waals surface area contributed by atoms with Crippen molar-refractivity contribution in [2.75, 3.05) is 5.32 Å². The third kappa shape index (κ3) is 4.46. The van der Waals surface area contributed by atoms with Crippen LogP contribution in [0.15, 0.2) is 47.8 Å². The van der Waals surface area contributed by atoms with Gasteiger partial charge in [0.25, 0.3) is 11.8 Å². The van der Waals surface area contributed by atoms with E-state index in [0.29, 0.717) is 16.9 Å². The van der Waals surface area contributed by atoms with E-state index in [-0.39, 0.29) is 17.9 Å². The monoisotopic (exact) mass is 393 g/mol. The van der Waals surface area contributed by atoms with Crippen molar-refractivity contribution < 1.29 is 9.59 Å². The number of hydrogen-bond acceptors (Lipinski definition) is 4. The summed E-state index contributed by atoms with van der Waals surface area (Å²) in [6, 6.07) is 13.3. The minimum absolute atomic E-state index is 0.0680. The zero-order chi connectivity index (χ0) is 20.3. The van der Waals surface area contributed by atoms with Gasteiger partial charge in [-0.25, -0.2) is 4.98 Å². The zero-order valence-corrected chi connectivity index (χ0v) is 17.2. The molecule has 0 aliphatic carbocycles. The zero-order valence-electron chi connectivity index (χ0n) is 16.4. The first-order valence-electron chi connectivity index (χ1n) is 9.09. The Morgan fingerprint density at radius 2 is 1.75 bits per heavy atom. The Kier molecular flexibility index (Phi) is 5.90. The lowest BCUT2D eigenvalue weighted by atomic mass is 10.1. The van der Waals surface area contributed by atoms with Gasteiger partial charge in [0.05, 0.1) is 0 Å². The predicted octanol–water partition coefficient (Wildman–Crippen LogP) is 4.82. The molecule has 5 nitrogen and oxygen atoms in total. The van der Waals surface area contributed by atoms with Crippen LogP contribution < -0.4 is 10.6 Å². The highest BCUT2D eigenvalue weighted by molar-refractivity contribution is 7.13. The molecule has 28 heavy (non-hydrogen) atoms. The van der Waals surface area contributed by atoms with Crippen molar-refractivity contribution in [2.45, 2.75) is 33.7 Å². The molecule has 0 unspecified atom stereocenters. The molecule has 0 fully saturated rings. The van der Waals surface area contributed by atoms with Crippen LogP contribution in [0.5, 0.6) is 0 Å². The van der Waals surface area contributed by atoms with Crippen molar-refractivity contribution in [1.82, 2.24) is 10.3 Å². The standard InChI is InChI=1S/C22H23N3O2S/c1-13(2)23-20(26)17-10-9-16(11-15(17)4)24-21(27)19-12-28-22(25-19)18-8-6-5-7-14(18)3/h5-13H,1-4H3,(H,23,26)(H,24,27). The lowest BCUT2D eigenvalue weighted by Gasteiger charge is -2.12. The van der Waals surface area contributed by atoms with E-state index >= 15 is 0 Å². The Morgan fingerprint density at radius 1 is 1.00 bits per heavy atom. The number of carbonyl (C=O) groups is 2. The predicted molar refractivity (Wildman–Crippen MR) is 114 cm³/mol. The molecule has 144 valence electrons. The van der Waals surface area contributed by atoms with Crippen LogP contribution >= 0.6 is 11.3 Å². The lowest BCUT2D eigenvalue weighted by Crippen LogP contribution is -2.30. The number of anilines is 1. The second kappa shape index (κ2) is 8.35. The van der Waals surface area contributed by atoms with Gasteiger partial charge in [-0.15, -0.1) is 11.3 Å². The van der Waals surface area contributed by atoms with Gasteiger partial charge in [-0.1, -0.05) is 24.3 Å². The smallest absolute Gasteiger partial charge is 0.275 e. The van der Waals surface area contributed by atoms with Gasteiger partial charge < -0.3 is 10.6 Å². The Hall–Kier alpha value is -2.99. The fraction of sp³-hybridized carbons (Fsp3) is 0.227. The third-order valence-electron chi connectivity index (χ3n) is 4.26. The Labute approximate surface area is 168 Å². The normalized spacial score (nSPS) is 10.8. The average Bonchev–Trinajstić information content (AvgIpc) is 3.11. The van der Waals surface area contributed by atoms with E-state index in [1.54, 1.807) is 23.6 Å². The fourth-order valence-electron chi connectivity index (χ4n) is 2.85. The molecule has 2 amide bonds. The number of hydrogen-bond donors (Lipinski definition) is 2. The van der Waals surface area contributed by atoms with Crippen LogP contribution in [0.1, 0.15) is 45.8 Å². The number of aromatic nitrogens is 1. The summed E-state index contributed by atoms with van der Waals surface area (Å²) < 4.78 is 0. The van der Waals surface area contributed by atoms with Crippen LogP contribution in [0.3, 0.4) is 0 Å². The van der Waals surface area contributed by atoms with Gasteiger partial charge in [0.2, 0.25) is 0 Å². The first-order chi connectivity index (χ1) is 13.3. The molecule has 1 aromatic heterocycles. The van der Waals surface area contributed by atoms with Gasteiger partial charge in [0.15, 0.2) is 0 Å². The molecule has 0 saturated carbocycles. The summed E-state index contributed by atoms with van der Waals surface area (Å²) >= 11 is 1.45. The summed E-state index contributed by atoms with van der Waals surface area (Å²) in [5.74, 6) is -0.386. The highest BCUT2D eigenvalue weighted by Crippen LogP contribution is 2.27. The minimum atomic E-state index is -0.269. The summed E-state index contributed by atoms with van der Waals surface area (Å²) in [4.78, 5) is 29.2. The molecule has 3 rings (SSSR count). The largest absolute Gasteiger partial charge is 0.350 e. The van der Waals surface area contributed by atoms with Gasteiger partial charge in [-0.2, -0.15) is 0 Å². The van der Waals surface area contributed by atoms with E-state index in [0.717, 1.165) is 21.7 Å². The third-order valence-corrected chi connectivity index (χ3v) is 5.14. The van der Waals surface area contributed by atoms with Gasteiger partial charge in [-0.3, -0.25) is 9.59 Å². The topological polar surface area (TPSA) is 71.1 Å². The van der Waals surface area contributed by atoms with Crippen LogP contribution in [0.2, 0.25) is 0 Å². The van der Waals surface area contributed by atoms with Crippen LogP contribution in [0.25, 0.3) is 10.6 Å². The summed E-state index contributed by atoms with van der Waals surface area (Å²) in [6.07, 6.45) is 0. The van der Waals surface area contributed by atoms with Gasteiger partial charge >= 0.3 is 0 Å². The number of benzene rings is 2. The van der Waals surface area contributed by atoms with Crippen LogP contribution in [0, 0.1) is 13.8 Å². The van der Waals surface area contributed by atoms with Crippen LogP contribution in [-0.4, -0.2) is 22.8 Å². The van der Waals surface area contributed by atoms with Gasteiger partial charge in [0, 0.05) is 28.2 Å². The van der Waals surface area contributed by atoms with Crippen LogP contribution in [0.4, 0.5) is 5.69 Å². The van der Waals surface area contributed by atoms with Crippen molar-refractivity contribution in [3.63, 3.8) is 0 Å². The van der Waals surface area contributed by atoms with Crippen molar-refractivity contribution in [3.8, 4) is 10.6 Å². The van der Waals surface area contributed by atoms with Crippen LogP contribution in [-0.2, 0) is 0 Å². The maximum atomic E-state index is 12.6. The molecule has 2 aromatic carbocycles. The van der Waals surface area contributed by atoms with Crippen molar-refractivity contribution in [2.24, 2.45) is 0 Å². The maximum Gasteiger partial charge on any atom is 0.275 e. The number of nitrogens with one attached hydrogen (secondary N) is 2. The highest BCUT2D eigenvalue weighted by Gasteiger charge is 2.15. The second-order valence-corrected chi connectivity index (χ2v) is 7.82. The number of aryl methyl sites for hydroxylation is 2. The lowest BCUT2D eigenvalue weighted by molar-refractivity contribution is 0.0942. The fourth-order valence-corrected chi connectivity index (χ4v) is 3.74. The SMILES string of the molecule is Cc1cc(NC(=O)c2csc(-c3ccccc3C)n2)ccc1C(=O)NC(C)C. The van der Waals surface area contributed by atoms with E-state index in [9.17, 15) is 9.59 Å². The summed E-state index contributed by atoms with van der Waals surface area (Å²) in [5.41, 5.74) is 4.56. The molecule has 0 aliphatic rings. The van der Waals surface area contributed by atoms with E-state index in [4.69, 9.17) is 0 Å². The summed E-state index contributed by atoms with van der Waals surface area (Å²) in [5, 5.41) is 8.31. The number of amides is 2. The Morgan fingerprint density at radius 3 is 2.43 bits per heavy atom. The van der Waals surface area contributed by atoms with E-state index in [2.05, 4.69) is 15.6 Å². The Bertz CT molecular complexity index is 1020. The minimum Gasteiger partial charge on any atom is -0.350 e. The molecule has 3 aromatic rings. The number of carbonyl (C=O) groups excluding carboxylic acids is 2. The number of rotatable bonds is 5. The number of nitrogens with zero attached hydrogens (tertiary/aromatic N) is 1. The van der Waals surface area contributed by atoms with E-state index < -0.39 is 0 Å². The Balaban J connectivity index is 1.74.